The van der Waals surface area contributed by atoms with Gasteiger partial charge in [-0.25, -0.2) is 9.97 Å². The van der Waals surface area contributed by atoms with Crippen LogP contribution >= 0.6 is 0 Å². The molecule has 1 aromatic heterocycles. The van der Waals surface area contributed by atoms with Crippen molar-refractivity contribution >= 4 is 5.95 Å². The van der Waals surface area contributed by atoms with E-state index in [9.17, 15) is 0 Å². The second-order valence-corrected chi connectivity index (χ2v) is 7.60. The number of rotatable bonds is 5. The molecule has 2 saturated heterocycles. The zero-order valence-electron chi connectivity index (χ0n) is 14.0. The molecule has 1 spiro atoms. The Hall–Kier alpha value is -1.20. The standard InChI is InChI=1S/C18H28N4O/c1-2-6-18(5-1)7-8-22(14-18)13-15-10-19-17(20-11-15)21-12-16-4-3-9-23-16/h10-11,16H,1-9,12-14H2,(H,19,20,21)/t16-/m1/s1. The first-order chi connectivity index (χ1) is 11.3. The molecule has 2 aliphatic heterocycles. The van der Waals surface area contributed by atoms with Gasteiger partial charge in [0.2, 0.25) is 5.95 Å². The molecule has 5 heteroatoms. The van der Waals surface area contributed by atoms with E-state index in [1.165, 1.54) is 57.2 Å². The number of hydrogen-bond donors (Lipinski definition) is 1. The van der Waals surface area contributed by atoms with Crippen molar-refractivity contribution in [1.82, 2.24) is 14.9 Å². The summed E-state index contributed by atoms with van der Waals surface area (Å²) in [5, 5.41) is 3.29. The molecule has 1 aromatic rings. The molecule has 23 heavy (non-hydrogen) atoms. The third kappa shape index (κ3) is 3.66. The molecule has 4 rings (SSSR count). The number of nitrogens with one attached hydrogen (secondary N) is 1. The van der Waals surface area contributed by atoms with Crippen LogP contribution in [0.2, 0.25) is 0 Å². The van der Waals surface area contributed by atoms with Gasteiger partial charge in [0.1, 0.15) is 0 Å². The van der Waals surface area contributed by atoms with Crippen LogP contribution in [-0.4, -0.2) is 47.2 Å². The molecule has 1 N–H and O–H groups in total. The maximum atomic E-state index is 5.61. The summed E-state index contributed by atoms with van der Waals surface area (Å²) >= 11 is 0. The minimum Gasteiger partial charge on any atom is -0.376 e. The zero-order valence-corrected chi connectivity index (χ0v) is 14.0. The van der Waals surface area contributed by atoms with Crippen LogP contribution in [0.1, 0.15) is 50.5 Å². The van der Waals surface area contributed by atoms with E-state index in [0.717, 1.165) is 32.1 Å². The first-order valence-electron chi connectivity index (χ1n) is 9.20. The van der Waals surface area contributed by atoms with Crippen LogP contribution in [0.25, 0.3) is 0 Å². The lowest BCUT2D eigenvalue weighted by Gasteiger charge is -2.23. The first-order valence-corrected chi connectivity index (χ1v) is 9.20. The Balaban J connectivity index is 1.26. The number of hydrogen-bond acceptors (Lipinski definition) is 5. The van der Waals surface area contributed by atoms with E-state index < -0.39 is 0 Å². The lowest BCUT2D eigenvalue weighted by molar-refractivity contribution is 0.120. The Morgan fingerprint density at radius 2 is 2.00 bits per heavy atom. The highest BCUT2D eigenvalue weighted by molar-refractivity contribution is 5.25. The van der Waals surface area contributed by atoms with Crippen LogP contribution in [0.15, 0.2) is 12.4 Å². The van der Waals surface area contributed by atoms with Crippen LogP contribution in [-0.2, 0) is 11.3 Å². The van der Waals surface area contributed by atoms with Crippen molar-refractivity contribution in [3.63, 3.8) is 0 Å². The summed E-state index contributed by atoms with van der Waals surface area (Å²) in [4.78, 5) is 11.5. The summed E-state index contributed by atoms with van der Waals surface area (Å²) in [6, 6.07) is 0. The summed E-state index contributed by atoms with van der Waals surface area (Å²) in [7, 11) is 0. The molecule has 0 unspecified atom stereocenters. The zero-order chi connectivity index (χ0) is 15.5. The van der Waals surface area contributed by atoms with Gasteiger partial charge in [-0.3, -0.25) is 4.90 Å². The largest absolute Gasteiger partial charge is 0.376 e. The lowest BCUT2D eigenvalue weighted by atomic mass is 9.86. The van der Waals surface area contributed by atoms with E-state index in [-0.39, 0.29) is 0 Å². The van der Waals surface area contributed by atoms with Gasteiger partial charge in [-0.15, -0.1) is 0 Å². The fourth-order valence-electron chi connectivity index (χ4n) is 4.49. The predicted molar refractivity (Wildman–Crippen MR) is 90.3 cm³/mol. The summed E-state index contributed by atoms with van der Waals surface area (Å²) in [5.74, 6) is 0.720. The Morgan fingerprint density at radius 1 is 1.17 bits per heavy atom. The van der Waals surface area contributed by atoms with Crippen LogP contribution < -0.4 is 5.32 Å². The Bertz CT molecular complexity index is 506. The molecular weight excluding hydrogens is 288 g/mol. The van der Waals surface area contributed by atoms with E-state index >= 15 is 0 Å². The van der Waals surface area contributed by atoms with E-state index in [1.54, 1.807) is 0 Å². The predicted octanol–water partition coefficient (Wildman–Crippen LogP) is 2.83. The molecule has 3 heterocycles. The third-order valence-electron chi connectivity index (χ3n) is 5.80. The number of aromatic nitrogens is 2. The monoisotopic (exact) mass is 316 g/mol. The van der Waals surface area contributed by atoms with E-state index in [0.29, 0.717) is 11.5 Å². The van der Waals surface area contributed by atoms with Crippen molar-refractivity contribution < 1.29 is 4.74 Å². The molecular formula is C18H28N4O. The van der Waals surface area contributed by atoms with Gasteiger partial charge in [-0.1, -0.05) is 12.8 Å². The molecule has 1 aliphatic carbocycles. The Labute approximate surface area is 138 Å². The van der Waals surface area contributed by atoms with Crippen molar-refractivity contribution in [2.45, 2.75) is 57.6 Å². The highest BCUT2D eigenvalue weighted by Gasteiger charge is 2.39. The van der Waals surface area contributed by atoms with E-state index in [2.05, 4.69) is 20.2 Å². The summed E-state index contributed by atoms with van der Waals surface area (Å²) in [6.45, 7) is 5.20. The summed E-state index contributed by atoms with van der Waals surface area (Å²) < 4.78 is 5.61. The number of nitrogens with zero attached hydrogens (tertiary/aromatic N) is 3. The van der Waals surface area contributed by atoms with Crippen molar-refractivity contribution in [3.05, 3.63) is 18.0 Å². The van der Waals surface area contributed by atoms with E-state index in [4.69, 9.17) is 4.74 Å². The minimum absolute atomic E-state index is 0.325. The van der Waals surface area contributed by atoms with Crippen LogP contribution in [0.4, 0.5) is 5.95 Å². The molecule has 1 atom stereocenters. The van der Waals surface area contributed by atoms with Crippen LogP contribution in [0, 0.1) is 5.41 Å². The fraction of sp³-hybridized carbons (Fsp3) is 0.778. The quantitative estimate of drug-likeness (QED) is 0.905. The highest BCUT2D eigenvalue weighted by atomic mass is 16.5. The van der Waals surface area contributed by atoms with Crippen molar-refractivity contribution in [2.24, 2.45) is 5.41 Å². The Kier molecular flexibility index (Phi) is 4.49. The van der Waals surface area contributed by atoms with Gasteiger partial charge in [-0.05, 0) is 44.1 Å². The van der Waals surface area contributed by atoms with Crippen molar-refractivity contribution in [2.75, 3.05) is 31.6 Å². The van der Waals surface area contributed by atoms with Gasteiger partial charge >= 0.3 is 0 Å². The van der Waals surface area contributed by atoms with Gasteiger partial charge in [0.05, 0.1) is 6.10 Å². The second kappa shape index (κ2) is 6.73. The summed E-state index contributed by atoms with van der Waals surface area (Å²) in [6.07, 6.45) is 13.7. The molecule has 0 radical (unpaired) electrons. The molecule has 5 nitrogen and oxygen atoms in total. The number of anilines is 1. The van der Waals surface area contributed by atoms with Crippen LogP contribution in [0.5, 0.6) is 0 Å². The molecule has 0 aromatic carbocycles. The smallest absolute Gasteiger partial charge is 0.222 e. The SMILES string of the molecule is c1nc(NC[C@H]2CCCO2)ncc1CN1CCC2(CCCC2)C1. The van der Waals surface area contributed by atoms with E-state index in [1.807, 2.05) is 12.4 Å². The molecule has 3 fully saturated rings. The highest BCUT2D eigenvalue weighted by Crippen LogP contribution is 2.45. The molecule has 1 saturated carbocycles. The van der Waals surface area contributed by atoms with Gasteiger partial charge in [0.15, 0.2) is 0 Å². The molecule has 0 bridgehead atoms. The minimum atomic E-state index is 0.325. The van der Waals surface area contributed by atoms with Gasteiger partial charge < -0.3 is 10.1 Å². The van der Waals surface area contributed by atoms with Crippen LogP contribution in [0.3, 0.4) is 0 Å². The fourth-order valence-corrected chi connectivity index (χ4v) is 4.49. The molecule has 0 amide bonds. The number of likely N-dealkylation sites (tertiary alicyclic amines) is 1. The molecule has 3 aliphatic rings. The maximum Gasteiger partial charge on any atom is 0.222 e. The number of ether oxygens (including phenoxy) is 1. The first kappa shape index (κ1) is 15.3. The second-order valence-electron chi connectivity index (χ2n) is 7.60. The topological polar surface area (TPSA) is 50.3 Å². The Morgan fingerprint density at radius 3 is 2.74 bits per heavy atom. The maximum absolute atomic E-state index is 5.61. The summed E-state index contributed by atoms with van der Waals surface area (Å²) in [5.41, 5.74) is 1.87. The normalized spacial score (nSPS) is 27.0. The van der Waals surface area contributed by atoms with Gasteiger partial charge in [-0.2, -0.15) is 0 Å². The van der Waals surface area contributed by atoms with Gasteiger partial charge in [0, 0.05) is 44.2 Å². The average Bonchev–Trinajstić information content (AvgIpc) is 3.31. The molecule has 126 valence electrons. The van der Waals surface area contributed by atoms with Gasteiger partial charge in [0.25, 0.3) is 0 Å². The lowest BCUT2D eigenvalue weighted by Crippen LogP contribution is -2.25. The van der Waals surface area contributed by atoms with Crippen molar-refractivity contribution in [1.29, 1.82) is 0 Å². The third-order valence-corrected chi connectivity index (χ3v) is 5.80. The van der Waals surface area contributed by atoms with Crippen molar-refractivity contribution in [3.8, 4) is 0 Å². The average molecular weight is 316 g/mol.